The number of anilines is 1. The van der Waals surface area contributed by atoms with Crippen molar-refractivity contribution in [2.24, 2.45) is 0 Å². The number of aryl methyl sites for hydroxylation is 1. The lowest BCUT2D eigenvalue weighted by Gasteiger charge is -2.13. The van der Waals surface area contributed by atoms with E-state index in [2.05, 4.69) is 20.7 Å². The second kappa shape index (κ2) is 6.85. The molecule has 3 rings (SSSR count). The van der Waals surface area contributed by atoms with E-state index in [0.717, 1.165) is 47.3 Å². The lowest BCUT2D eigenvalue weighted by Crippen LogP contribution is -2.27. The Kier molecular flexibility index (Phi) is 4.98. The van der Waals surface area contributed by atoms with E-state index in [-0.39, 0.29) is 10.1 Å². The Balaban J connectivity index is 1.79. The first-order valence-corrected chi connectivity index (χ1v) is 10.7. The van der Waals surface area contributed by atoms with Crippen molar-refractivity contribution >= 4 is 48.9 Å². The van der Waals surface area contributed by atoms with E-state index in [1.165, 1.54) is 6.07 Å². The van der Waals surface area contributed by atoms with Gasteiger partial charge in [-0.2, -0.15) is 0 Å². The second-order valence-electron chi connectivity index (χ2n) is 5.72. The Labute approximate surface area is 153 Å². The lowest BCUT2D eigenvalue weighted by molar-refractivity contribution is 0.0793. The number of carbonyl (C=O) groups is 1. The van der Waals surface area contributed by atoms with Gasteiger partial charge in [0.2, 0.25) is 0 Å². The zero-order chi connectivity index (χ0) is 17.3. The first-order chi connectivity index (χ1) is 11.4. The quantitative estimate of drug-likeness (QED) is 0.803. The van der Waals surface area contributed by atoms with Gasteiger partial charge in [0.15, 0.2) is 0 Å². The van der Waals surface area contributed by atoms with Crippen molar-refractivity contribution in [3.8, 4) is 0 Å². The highest BCUT2D eigenvalue weighted by atomic mass is 79.9. The number of benzene rings is 1. The summed E-state index contributed by atoms with van der Waals surface area (Å²) in [7, 11) is -3.70. The Morgan fingerprint density at radius 1 is 1.25 bits per heavy atom. The summed E-state index contributed by atoms with van der Waals surface area (Å²) in [5.41, 5.74) is 1.87. The average Bonchev–Trinajstić information content (AvgIpc) is 3.21. The van der Waals surface area contributed by atoms with Gasteiger partial charge < -0.3 is 4.90 Å². The van der Waals surface area contributed by atoms with E-state index < -0.39 is 10.0 Å². The van der Waals surface area contributed by atoms with Crippen LogP contribution in [0.5, 0.6) is 0 Å². The Morgan fingerprint density at radius 3 is 2.62 bits per heavy atom. The third-order valence-electron chi connectivity index (χ3n) is 3.89. The maximum absolute atomic E-state index is 12.5. The van der Waals surface area contributed by atoms with E-state index in [9.17, 15) is 13.2 Å². The minimum atomic E-state index is -3.70. The molecular weight excluding hydrogens is 412 g/mol. The number of amides is 1. The van der Waals surface area contributed by atoms with E-state index >= 15 is 0 Å². The molecule has 1 amide bonds. The number of hydrogen-bond acceptors (Lipinski definition) is 4. The van der Waals surface area contributed by atoms with Crippen molar-refractivity contribution in [3.63, 3.8) is 0 Å². The van der Waals surface area contributed by atoms with Gasteiger partial charge in [0, 0.05) is 28.6 Å². The molecule has 24 heavy (non-hydrogen) atoms. The molecule has 1 fully saturated rings. The second-order valence-corrected chi connectivity index (χ2v) is 9.40. The van der Waals surface area contributed by atoms with E-state index in [4.69, 9.17) is 0 Å². The summed E-state index contributed by atoms with van der Waals surface area (Å²) in [4.78, 5) is 14.1. The maximum Gasteiger partial charge on any atom is 0.271 e. The molecule has 1 saturated heterocycles. The number of hydrogen-bond donors (Lipinski definition) is 1. The molecule has 0 unspecified atom stereocenters. The van der Waals surface area contributed by atoms with Crippen LogP contribution in [-0.2, 0) is 10.0 Å². The first-order valence-electron chi connectivity index (χ1n) is 7.53. The van der Waals surface area contributed by atoms with Crippen LogP contribution in [0.4, 0.5) is 5.69 Å². The highest BCUT2D eigenvalue weighted by Gasteiger charge is 2.24. The third-order valence-corrected chi connectivity index (χ3v) is 7.60. The van der Waals surface area contributed by atoms with Crippen molar-refractivity contribution in [2.75, 3.05) is 17.8 Å². The predicted octanol–water partition coefficient (Wildman–Crippen LogP) is 3.86. The van der Waals surface area contributed by atoms with Gasteiger partial charge in [-0.3, -0.25) is 9.52 Å². The predicted molar refractivity (Wildman–Crippen MR) is 99.1 cm³/mol. The summed E-state index contributed by atoms with van der Waals surface area (Å²) >= 11 is 4.45. The Hall–Kier alpha value is -1.38. The normalized spacial score (nSPS) is 14.8. The molecule has 0 spiro atoms. The number of sulfonamides is 1. The number of halogens is 1. The number of nitrogens with one attached hydrogen (secondary N) is 1. The van der Waals surface area contributed by atoms with Crippen LogP contribution in [0.2, 0.25) is 0 Å². The molecule has 0 aliphatic carbocycles. The standard InChI is InChI=1S/C16H17BrN2O3S2/c1-11-8-13(4-5-14(11)17)18-24(21,22)15-9-12(10-23-15)16(20)19-6-2-3-7-19/h4-5,8-10,18H,2-3,6-7H2,1H3. The fourth-order valence-electron chi connectivity index (χ4n) is 2.59. The molecule has 1 aliphatic heterocycles. The fraction of sp³-hybridized carbons (Fsp3) is 0.312. The van der Waals surface area contributed by atoms with Crippen molar-refractivity contribution in [1.82, 2.24) is 4.90 Å². The van der Waals surface area contributed by atoms with Crippen LogP contribution in [0.3, 0.4) is 0 Å². The van der Waals surface area contributed by atoms with Gasteiger partial charge in [0.05, 0.1) is 5.56 Å². The minimum absolute atomic E-state index is 0.0929. The molecule has 8 heteroatoms. The van der Waals surface area contributed by atoms with Crippen LogP contribution in [0.15, 0.2) is 38.3 Å². The topological polar surface area (TPSA) is 66.5 Å². The van der Waals surface area contributed by atoms with Crippen molar-refractivity contribution in [1.29, 1.82) is 0 Å². The zero-order valence-corrected chi connectivity index (χ0v) is 16.3. The number of nitrogens with zero attached hydrogens (tertiary/aromatic N) is 1. The molecule has 0 radical (unpaired) electrons. The molecule has 0 saturated carbocycles. The SMILES string of the molecule is Cc1cc(NS(=O)(=O)c2cc(C(=O)N3CCCC3)cs2)ccc1Br. The molecule has 1 aromatic heterocycles. The number of carbonyl (C=O) groups excluding carboxylic acids is 1. The van der Waals surface area contributed by atoms with E-state index in [0.29, 0.717) is 11.3 Å². The molecule has 0 bridgehead atoms. The summed E-state index contributed by atoms with van der Waals surface area (Å²) in [6, 6.07) is 6.70. The Bertz CT molecular complexity index is 871. The van der Waals surface area contributed by atoms with Gasteiger partial charge in [0.1, 0.15) is 4.21 Å². The average molecular weight is 429 g/mol. The summed E-state index contributed by atoms with van der Waals surface area (Å²) < 4.78 is 28.7. The van der Waals surface area contributed by atoms with Gasteiger partial charge in [-0.15, -0.1) is 11.3 Å². The van der Waals surface area contributed by atoms with Crippen LogP contribution < -0.4 is 4.72 Å². The molecule has 2 heterocycles. The first kappa shape index (κ1) is 17.4. The van der Waals surface area contributed by atoms with Crippen LogP contribution in [0, 0.1) is 6.92 Å². The van der Waals surface area contributed by atoms with E-state index in [1.807, 2.05) is 6.92 Å². The zero-order valence-electron chi connectivity index (χ0n) is 13.1. The van der Waals surface area contributed by atoms with Crippen LogP contribution in [0.1, 0.15) is 28.8 Å². The largest absolute Gasteiger partial charge is 0.339 e. The van der Waals surface area contributed by atoms with Gasteiger partial charge in [-0.1, -0.05) is 15.9 Å². The van der Waals surface area contributed by atoms with Crippen molar-refractivity contribution in [2.45, 2.75) is 24.0 Å². The highest BCUT2D eigenvalue weighted by Crippen LogP contribution is 2.26. The van der Waals surface area contributed by atoms with Gasteiger partial charge in [-0.25, -0.2) is 8.42 Å². The molecule has 1 N–H and O–H groups in total. The molecule has 1 aliphatic rings. The minimum Gasteiger partial charge on any atom is -0.339 e. The molecular formula is C16H17BrN2O3S2. The van der Waals surface area contributed by atoms with Crippen LogP contribution >= 0.6 is 27.3 Å². The Morgan fingerprint density at radius 2 is 1.96 bits per heavy atom. The highest BCUT2D eigenvalue weighted by molar-refractivity contribution is 9.10. The fourth-order valence-corrected chi connectivity index (χ4v) is 5.04. The molecule has 2 aromatic rings. The molecule has 128 valence electrons. The summed E-state index contributed by atoms with van der Waals surface area (Å²) in [6.07, 6.45) is 2.01. The number of rotatable bonds is 4. The lowest BCUT2D eigenvalue weighted by atomic mass is 10.2. The molecule has 1 aromatic carbocycles. The van der Waals surface area contributed by atoms with Crippen LogP contribution in [-0.4, -0.2) is 32.3 Å². The number of likely N-dealkylation sites (tertiary alicyclic amines) is 1. The molecule has 0 atom stereocenters. The van der Waals surface area contributed by atoms with Crippen molar-refractivity contribution < 1.29 is 13.2 Å². The van der Waals surface area contributed by atoms with E-state index in [1.54, 1.807) is 28.5 Å². The van der Waals surface area contributed by atoms with Gasteiger partial charge in [-0.05, 0) is 49.6 Å². The number of thiophene rings is 1. The maximum atomic E-state index is 12.5. The summed E-state index contributed by atoms with van der Waals surface area (Å²) in [5.74, 6) is -0.0929. The molecule has 5 nitrogen and oxygen atoms in total. The van der Waals surface area contributed by atoms with Gasteiger partial charge in [0.25, 0.3) is 15.9 Å². The monoisotopic (exact) mass is 428 g/mol. The smallest absolute Gasteiger partial charge is 0.271 e. The third kappa shape index (κ3) is 3.65. The van der Waals surface area contributed by atoms with Crippen LogP contribution in [0.25, 0.3) is 0 Å². The summed E-state index contributed by atoms with van der Waals surface area (Å²) in [5, 5.41) is 1.61. The van der Waals surface area contributed by atoms with Crippen molar-refractivity contribution in [3.05, 3.63) is 45.2 Å². The van der Waals surface area contributed by atoms with Gasteiger partial charge >= 0.3 is 0 Å². The summed E-state index contributed by atoms with van der Waals surface area (Å²) in [6.45, 7) is 3.38.